The van der Waals surface area contributed by atoms with Gasteiger partial charge in [0.2, 0.25) is 0 Å². The van der Waals surface area contributed by atoms with Gasteiger partial charge in [-0.05, 0) is 124 Å². The number of benzene rings is 7. The van der Waals surface area contributed by atoms with Gasteiger partial charge >= 0.3 is 0 Å². The van der Waals surface area contributed by atoms with Crippen LogP contribution in [0.4, 0.5) is 11.4 Å². The van der Waals surface area contributed by atoms with Gasteiger partial charge in [0.15, 0.2) is 11.4 Å². The number of nitriles is 1. The van der Waals surface area contributed by atoms with E-state index in [1.54, 1.807) is 0 Å². The van der Waals surface area contributed by atoms with E-state index in [0.717, 1.165) is 60.9 Å². The molecule has 0 atom stereocenters. The first-order valence-electron chi connectivity index (χ1n) is 16.1. The van der Waals surface area contributed by atoms with Crippen molar-refractivity contribution in [3.05, 3.63) is 174 Å². The quantitative estimate of drug-likeness (QED) is 0.174. The molecule has 7 aromatic carbocycles. The monoisotopic (exact) mass is 652 g/mol. The molecule has 0 aliphatic heterocycles. The fourth-order valence-electron chi connectivity index (χ4n) is 7.05. The van der Waals surface area contributed by atoms with Crippen molar-refractivity contribution in [2.24, 2.45) is 0 Å². The molecule has 0 aliphatic rings. The van der Waals surface area contributed by atoms with E-state index >= 15 is 0 Å². The number of aromatic nitrogens is 1. The summed E-state index contributed by atoms with van der Waals surface area (Å²) in [6.07, 6.45) is 0. The van der Waals surface area contributed by atoms with E-state index in [-0.39, 0.29) is 0 Å². The van der Waals surface area contributed by atoms with Gasteiger partial charge in [-0.25, -0.2) is 9.69 Å². The Hall–Kier alpha value is -6.97. The first-order chi connectivity index (χ1) is 24.6. The molecule has 0 saturated carbocycles. The molecule has 9 aromatic rings. The van der Waals surface area contributed by atoms with Gasteiger partial charge in [-0.2, -0.15) is 5.26 Å². The average molecular weight is 653 g/mol. The van der Waals surface area contributed by atoms with Crippen LogP contribution in [0, 0.1) is 24.5 Å². The van der Waals surface area contributed by atoms with E-state index in [9.17, 15) is 5.26 Å². The van der Waals surface area contributed by atoms with Crippen molar-refractivity contribution in [2.45, 2.75) is 0 Å². The molecule has 0 amide bonds. The fraction of sp³-hybridized carbons (Fsp3) is 0. The molecule has 0 bridgehead atoms. The second-order valence-electron chi connectivity index (χ2n) is 12.3. The fourth-order valence-corrected chi connectivity index (χ4v) is 8.13. The highest BCUT2D eigenvalue weighted by Gasteiger charge is 2.17. The molecule has 0 fully saturated rings. The maximum Gasteiger partial charge on any atom is 0.189 e. The van der Waals surface area contributed by atoms with Crippen LogP contribution in [0.15, 0.2) is 146 Å². The summed E-state index contributed by atoms with van der Waals surface area (Å²) in [6, 6.07) is 51.9. The van der Waals surface area contributed by atoms with Gasteiger partial charge in [-0.3, -0.25) is 0 Å². The zero-order valence-electron chi connectivity index (χ0n) is 26.6. The van der Waals surface area contributed by atoms with Gasteiger partial charge in [0, 0.05) is 31.2 Å². The van der Waals surface area contributed by atoms with E-state index in [0.29, 0.717) is 16.9 Å². The second kappa shape index (κ2) is 11.6. The van der Waals surface area contributed by atoms with E-state index in [2.05, 4.69) is 111 Å². The van der Waals surface area contributed by atoms with Crippen LogP contribution < -0.4 is 0 Å². The zero-order valence-corrected chi connectivity index (χ0v) is 27.4. The summed E-state index contributed by atoms with van der Waals surface area (Å²) in [6.45, 7) is 15.7. The Kier molecular flexibility index (Phi) is 6.78. The molecule has 4 nitrogen and oxygen atoms in total. The molecule has 0 radical (unpaired) electrons. The molecule has 9 rings (SSSR count). The molecular weight excluding hydrogens is 629 g/mol. The molecule has 230 valence electrons. The van der Waals surface area contributed by atoms with Crippen LogP contribution in [0.5, 0.6) is 0 Å². The van der Waals surface area contributed by atoms with Crippen LogP contribution in [0.25, 0.3) is 90.7 Å². The molecule has 2 heterocycles. The van der Waals surface area contributed by atoms with Crippen LogP contribution in [-0.4, -0.2) is 4.57 Å². The molecule has 50 heavy (non-hydrogen) atoms. The highest BCUT2D eigenvalue weighted by molar-refractivity contribution is 7.25. The Labute approximate surface area is 292 Å². The number of thiophene rings is 1. The van der Waals surface area contributed by atoms with Crippen LogP contribution in [0.2, 0.25) is 0 Å². The second-order valence-corrected chi connectivity index (χ2v) is 13.4. The van der Waals surface area contributed by atoms with Crippen molar-refractivity contribution < 1.29 is 0 Å². The topological polar surface area (TPSA) is 37.4 Å². The van der Waals surface area contributed by atoms with Crippen LogP contribution in [0.1, 0.15) is 5.56 Å². The third-order valence-electron chi connectivity index (χ3n) is 9.38. The summed E-state index contributed by atoms with van der Waals surface area (Å²) in [7, 11) is 0. The molecule has 2 aromatic heterocycles. The lowest BCUT2D eigenvalue weighted by Gasteiger charge is -2.15. The minimum Gasteiger partial charge on any atom is -0.311 e. The first-order valence-corrected chi connectivity index (χ1v) is 16.9. The highest BCUT2D eigenvalue weighted by atomic mass is 32.1. The smallest absolute Gasteiger partial charge is 0.189 e. The van der Waals surface area contributed by atoms with Crippen molar-refractivity contribution in [1.29, 1.82) is 5.26 Å². The number of rotatable bonds is 4. The van der Waals surface area contributed by atoms with E-state index in [4.69, 9.17) is 13.1 Å². The number of hydrogen-bond donors (Lipinski definition) is 0. The van der Waals surface area contributed by atoms with Crippen molar-refractivity contribution in [3.8, 4) is 45.1 Å². The number of nitrogens with zero attached hydrogens (tertiary/aromatic N) is 4. The molecular formula is C45H24N4S. The van der Waals surface area contributed by atoms with Gasteiger partial charge in [0.1, 0.15) is 0 Å². The molecule has 0 aliphatic carbocycles. The lowest BCUT2D eigenvalue weighted by Crippen LogP contribution is -1.95. The summed E-state index contributed by atoms with van der Waals surface area (Å²) >= 11 is 1.81. The van der Waals surface area contributed by atoms with E-state index < -0.39 is 0 Å². The number of fused-ring (bicyclic) bond motifs is 6. The van der Waals surface area contributed by atoms with E-state index in [1.165, 1.54) is 20.2 Å². The van der Waals surface area contributed by atoms with E-state index in [1.807, 2.05) is 65.9 Å². The van der Waals surface area contributed by atoms with Gasteiger partial charge in [-0.1, -0.05) is 60.7 Å². The summed E-state index contributed by atoms with van der Waals surface area (Å²) in [5.41, 5.74) is 10.6. The normalized spacial score (nSPS) is 11.1. The largest absolute Gasteiger partial charge is 0.311 e. The average Bonchev–Trinajstić information content (AvgIpc) is 3.72. The molecule has 0 unspecified atom stereocenters. The molecule has 5 heteroatoms. The van der Waals surface area contributed by atoms with Gasteiger partial charge in [0.05, 0.1) is 35.8 Å². The summed E-state index contributed by atoms with van der Waals surface area (Å²) in [4.78, 5) is 7.58. The Morgan fingerprint density at radius 3 is 1.92 bits per heavy atom. The molecule has 0 saturated heterocycles. The lowest BCUT2D eigenvalue weighted by atomic mass is 9.92. The summed E-state index contributed by atoms with van der Waals surface area (Å²) in [5.74, 6) is 0. The lowest BCUT2D eigenvalue weighted by molar-refractivity contribution is 1.18. The van der Waals surface area contributed by atoms with Gasteiger partial charge in [0.25, 0.3) is 0 Å². The molecule has 0 spiro atoms. The Bertz CT molecular complexity index is 2890. The minimum absolute atomic E-state index is 0.525. The van der Waals surface area contributed by atoms with Crippen molar-refractivity contribution in [1.82, 2.24) is 4.57 Å². The summed E-state index contributed by atoms with van der Waals surface area (Å²) in [5, 5.41) is 14.0. The van der Waals surface area contributed by atoms with Gasteiger partial charge < -0.3 is 4.57 Å². The third-order valence-corrected chi connectivity index (χ3v) is 10.5. The van der Waals surface area contributed by atoms with Crippen molar-refractivity contribution in [3.63, 3.8) is 0 Å². The maximum absolute atomic E-state index is 9.68. The van der Waals surface area contributed by atoms with Crippen LogP contribution >= 0.6 is 11.3 Å². The first kappa shape index (κ1) is 29.2. The standard InChI is InChI=1S/C45H24N4S/c1-47-35-14-16-43-40(26-35)39-18-28(27-46)12-15-42(39)49(43)37-23-34(22-36(25-37)48-2)33-20-31(29-8-4-3-5-9-29)19-32(21-33)30-13-17-45-41(24-30)38-10-6-7-11-44(38)50-45/h3-26H. The summed E-state index contributed by atoms with van der Waals surface area (Å²) < 4.78 is 4.68. The van der Waals surface area contributed by atoms with Crippen molar-refractivity contribution >= 4 is 64.7 Å². The Morgan fingerprint density at radius 2 is 1.14 bits per heavy atom. The van der Waals surface area contributed by atoms with Crippen LogP contribution in [-0.2, 0) is 0 Å². The van der Waals surface area contributed by atoms with Crippen molar-refractivity contribution in [2.75, 3.05) is 0 Å². The third kappa shape index (κ3) is 4.80. The Morgan fingerprint density at radius 1 is 0.480 bits per heavy atom. The SMILES string of the molecule is [C-]#[N+]c1cc(-c2cc(-c3ccccc3)cc(-c3ccc4sc5ccccc5c4c3)c2)cc(-n2c3ccc(C#N)cc3c3cc([N+]#[C-])ccc32)c1. The predicted octanol–water partition coefficient (Wildman–Crippen LogP) is 13.1. The molecule has 0 N–H and O–H groups in total. The maximum atomic E-state index is 9.68. The minimum atomic E-state index is 0.525. The predicted molar refractivity (Wildman–Crippen MR) is 207 cm³/mol. The zero-order chi connectivity index (χ0) is 33.8. The number of hydrogen-bond acceptors (Lipinski definition) is 2. The highest BCUT2D eigenvalue weighted by Crippen LogP contribution is 2.41. The van der Waals surface area contributed by atoms with Crippen LogP contribution in [0.3, 0.4) is 0 Å². The Balaban J connectivity index is 1.28. The van der Waals surface area contributed by atoms with Gasteiger partial charge in [-0.15, -0.1) is 11.3 Å².